The molecule has 0 fully saturated rings. The molecule has 1 aromatic heterocycles. The van der Waals surface area contributed by atoms with E-state index < -0.39 is 17.0 Å². The lowest BCUT2D eigenvalue weighted by molar-refractivity contribution is -0.380. The molecule has 1 unspecified atom stereocenters. The first-order valence-corrected chi connectivity index (χ1v) is 8.99. The lowest BCUT2D eigenvalue weighted by Crippen LogP contribution is -2.46. The Morgan fingerprint density at radius 3 is 2.73 bits per heavy atom. The average Bonchev–Trinajstić information content (AvgIpc) is 3.12. The first kappa shape index (κ1) is 18.0. The lowest BCUT2D eigenvalue weighted by Gasteiger charge is -2.38. The maximum Gasteiger partial charge on any atom is 0.324 e. The van der Waals surface area contributed by atoms with E-state index in [0.717, 1.165) is 29.0 Å². The van der Waals surface area contributed by atoms with Gasteiger partial charge in [-0.2, -0.15) is 5.26 Å². The molecule has 0 saturated carbocycles. The zero-order valence-corrected chi connectivity index (χ0v) is 15.4. The predicted molar refractivity (Wildman–Crippen MR) is 102 cm³/mol. The van der Waals surface area contributed by atoms with Gasteiger partial charge in [0.2, 0.25) is 0 Å². The van der Waals surface area contributed by atoms with Crippen molar-refractivity contribution in [3.63, 3.8) is 0 Å². The summed E-state index contributed by atoms with van der Waals surface area (Å²) in [6, 6.07) is 12.5. The molecule has 0 bridgehead atoms. The van der Waals surface area contributed by atoms with Crippen LogP contribution in [0.15, 0.2) is 47.0 Å². The first-order valence-electron chi connectivity index (χ1n) is 7.73. The molecular weight excluding hydrogens is 372 g/mol. The van der Waals surface area contributed by atoms with Gasteiger partial charge in [0.1, 0.15) is 17.8 Å². The molecule has 26 heavy (non-hydrogen) atoms. The minimum absolute atomic E-state index is 0.0197. The standard InChI is InChI=1S/C17H14N4O3S2/c1-2-10-5-3-4-6-12(10)20-15(13-7-8-14(26-13)21(23)24)19-16(22)11(9-18)17(20)25/h3-8,15,25H,2H2,1H3,(H,19,22). The smallest absolute Gasteiger partial charge is 0.324 e. The van der Waals surface area contributed by atoms with Crippen molar-refractivity contribution in [2.75, 3.05) is 4.90 Å². The molecule has 1 amide bonds. The number of nitriles is 1. The molecule has 0 spiro atoms. The van der Waals surface area contributed by atoms with E-state index in [2.05, 4.69) is 17.9 Å². The molecule has 1 atom stereocenters. The number of para-hydroxylation sites is 1. The van der Waals surface area contributed by atoms with Crippen LogP contribution in [0.1, 0.15) is 23.5 Å². The predicted octanol–water partition coefficient (Wildman–Crippen LogP) is 3.52. The van der Waals surface area contributed by atoms with Crippen LogP contribution in [0.3, 0.4) is 0 Å². The molecule has 0 radical (unpaired) electrons. The van der Waals surface area contributed by atoms with Crippen LogP contribution in [-0.2, 0) is 11.2 Å². The molecule has 9 heteroatoms. The summed E-state index contributed by atoms with van der Waals surface area (Å²) in [6.45, 7) is 2.00. The lowest BCUT2D eigenvalue weighted by atomic mass is 10.1. The molecule has 0 saturated heterocycles. The van der Waals surface area contributed by atoms with Gasteiger partial charge in [0.05, 0.1) is 14.8 Å². The number of carbonyl (C=O) groups is 1. The van der Waals surface area contributed by atoms with Gasteiger partial charge < -0.3 is 10.2 Å². The van der Waals surface area contributed by atoms with E-state index in [1.807, 2.05) is 37.3 Å². The number of nitro groups is 1. The topological polar surface area (TPSA) is 99.3 Å². The number of nitrogens with zero attached hydrogens (tertiary/aromatic N) is 3. The number of aryl methyl sites for hydroxylation is 1. The zero-order chi connectivity index (χ0) is 18.8. The maximum absolute atomic E-state index is 12.3. The summed E-state index contributed by atoms with van der Waals surface area (Å²) in [5.74, 6) is -0.552. The molecule has 1 aliphatic rings. The van der Waals surface area contributed by atoms with Crippen molar-refractivity contribution < 1.29 is 9.72 Å². The number of thiol groups is 1. The second-order valence-electron chi connectivity index (χ2n) is 5.47. The Hall–Kier alpha value is -2.83. The van der Waals surface area contributed by atoms with Gasteiger partial charge in [0.25, 0.3) is 5.91 Å². The van der Waals surface area contributed by atoms with Crippen molar-refractivity contribution in [1.82, 2.24) is 5.32 Å². The van der Waals surface area contributed by atoms with Crippen LogP contribution in [0.2, 0.25) is 0 Å². The van der Waals surface area contributed by atoms with Crippen molar-refractivity contribution in [2.24, 2.45) is 0 Å². The van der Waals surface area contributed by atoms with Crippen LogP contribution in [0.4, 0.5) is 10.7 Å². The Morgan fingerprint density at radius 2 is 2.12 bits per heavy atom. The van der Waals surface area contributed by atoms with E-state index in [1.54, 1.807) is 11.0 Å². The van der Waals surface area contributed by atoms with Gasteiger partial charge in [-0.15, -0.1) is 12.6 Å². The summed E-state index contributed by atoms with van der Waals surface area (Å²) < 4.78 is 0. The van der Waals surface area contributed by atoms with Crippen LogP contribution >= 0.6 is 24.0 Å². The van der Waals surface area contributed by atoms with E-state index in [9.17, 15) is 20.2 Å². The Bertz CT molecular complexity index is 961. The largest absolute Gasteiger partial charge is 0.326 e. The van der Waals surface area contributed by atoms with Crippen molar-refractivity contribution >= 4 is 40.6 Å². The normalized spacial score (nSPS) is 17.0. The highest BCUT2D eigenvalue weighted by Crippen LogP contribution is 2.40. The number of benzene rings is 1. The van der Waals surface area contributed by atoms with Gasteiger partial charge >= 0.3 is 5.00 Å². The van der Waals surface area contributed by atoms with E-state index in [0.29, 0.717) is 4.88 Å². The van der Waals surface area contributed by atoms with Crippen molar-refractivity contribution in [3.8, 4) is 6.07 Å². The maximum atomic E-state index is 12.3. The van der Waals surface area contributed by atoms with Crippen LogP contribution in [0.25, 0.3) is 0 Å². The molecule has 2 aromatic rings. The Labute approximate surface area is 159 Å². The zero-order valence-electron chi connectivity index (χ0n) is 13.7. The summed E-state index contributed by atoms with van der Waals surface area (Å²) >= 11 is 5.42. The van der Waals surface area contributed by atoms with E-state index >= 15 is 0 Å². The van der Waals surface area contributed by atoms with Gasteiger partial charge in [-0.25, -0.2) is 0 Å². The Morgan fingerprint density at radius 1 is 1.38 bits per heavy atom. The fourth-order valence-electron chi connectivity index (χ4n) is 2.79. The molecule has 132 valence electrons. The molecule has 1 aliphatic heterocycles. The van der Waals surface area contributed by atoms with Gasteiger partial charge in [0.15, 0.2) is 0 Å². The van der Waals surface area contributed by atoms with Crippen molar-refractivity contribution in [2.45, 2.75) is 19.5 Å². The molecule has 0 aliphatic carbocycles. The quantitative estimate of drug-likeness (QED) is 0.476. The molecule has 1 aromatic carbocycles. The Kier molecular flexibility index (Phi) is 4.97. The van der Waals surface area contributed by atoms with Gasteiger partial charge in [0, 0.05) is 11.8 Å². The van der Waals surface area contributed by atoms with Crippen molar-refractivity contribution in [1.29, 1.82) is 5.26 Å². The highest BCUT2D eigenvalue weighted by Gasteiger charge is 2.36. The second-order valence-corrected chi connectivity index (χ2v) is 6.99. The van der Waals surface area contributed by atoms with Gasteiger partial charge in [-0.1, -0.05) is 36.5 Å². The fraction of sp³-hybridized carbons (Fsp3) is 0.176. The van der Waals surface area contributed by atoms with E-state index in [-0.39, 0.29) is 15.6 Å². The summed E-state index contributed by atoms with van der Waals surface area (Å²) in [4.78, 5) is 25.2. The van der Waals surface area contributed by atoms with Crippen LogP contribution in [0.5, 0.6) is 0 Å². The highest BCUT2D eigenvalue weighted by molar-refractivity contribution is 7.84. The number of anilines is 1. The summed E-state index contributed by atoms with van der Waals surface area (Å²) in [5.41, 5.74) is 1.69. The summed E-state index contributed by atoms with van der Waals surface area (Å²) in [6.07, 6.45) is 0.0550. The number of nitrogens with one attached hydrogen (secondary N) is 1. The van der Waals surface area contributed by atoms with Gasteiger partial charge in [-0.3, -0.25) is 14.9 Å². The average molecular weight is 386 g/mol. The first-order chi connectivity index (χ1) is 12.5. The van der Waals surface area contributed by atoms with Crippen LogP contribution in [0, 0.1) is 21.4 Å². The molecule has 7 nitrogen and oxygen atoms in total. The van der Waals surface area contributed by atoms with Crippen molar-refractivity contribution in [3.05, 3.63) is 67.6 Å². The third kappa shape index (κ3) is 3.05. The SMILES string of the molecule is CCc1ccccc1N1C(S)=C(C#N)C(=O)NC1c1ccc([N+](=O)[O-])s1. The number of rotatable bonds is 4. The monoisotopic (exact) mass is 386 g/mol. The number of carbonyl (C=O) groups excluding carboxylic acids is 1. The summed E-state index contributed by atoms with van der Waals surface area (Å²) in [5, 5.41) is 23.3. The fourth-order valence-corrected chi connectivity index (χ4v) is 4.03. The molecule has 1 N–H and O–H groups in total. The number of amides is 1. The summed E-state index contributed by atoms with van der Waals surface area (Å²) in [7, 11) is 0. The van der Waals surface area contributed by atoms with Gasteiger partial charge in [-0.05, 0) is 24.1 Å². The number of hydrogen-bond acceptors (Lipinski definition) is 7. The minimum atomic E-state index is -0.682. The van der Waals surface area contributed by atoms with Crippen LogP contribution < -0.4 is 10.2 Å². The number of thiophene rings is 1. The Balaban J connectivity index is 2.18. The number of hydrogen-bond donors (Lipinski definition) is 2. The van der Waals surface area contributed by atoms with E-state index in [4.69, 9.17) is 0 Å². The molecular formula is C17H14N4O3S2. The van der Waals surface area contributed by atoms with E-state index in [1.165, 1.54) is 6.07 Å². The third-order valence-corrected chi connectivity index (χ3v) is 5.54. The molecule has 2 heterocycles. The van der Waals surface area contributed by atoms with Crippen LogP contribution in [-0.4, -0.2) is 10.8 Å². The molecule has 3 rings (SSSR count). The highest BCUT2D eigenvalue weighted by atomic mass is 32.1. The minimum Gasteiger partial charge on any atom is -0.326 e. The second kappa shape index (κ2) is 7.19. The third-order valence-electron chi connectivity index (χ3n) is 4.01.